The van der Waals surface area contributed by atoms with Crippen LogP contribution in [0.25, 0.3) is 0 Å². The Morgan fingerprint density at radius 3 is 3.00 bits per heavy atom. The SMILES string of the molecule is Nc1ccc(C(=O)N2CCn3ccnc3C2)c(F)c1. The van der Waals surface area contributed by atoms with Crippen LogP contribution in [-0.4, -0.2) is 26.9 Å². The molecule has 6 heteroatoms. The lowest BCUT2D eigenvalue weighted by Gasteiger charge is -2.27. The third kappa shape index (κ3) is 2.05. The van der Waals surface area contributed by atoms with Crippen LogP contribution in [0.5, 0.6) is 0 Å². The highest BCUT2D eigenvalue weighted by Gasteiger charge is 2.24. The normalized spacial score (nSPS) is 14.3. The van der Waals surface area contributed by atoms with Gasteiger partial charge in [-0.3, -0.25) is 4.79 Å². The maximum absolute atomic E-state index is 13.7. The molecular weight excluding hydrogens is 247 g/mol. The minimum Gasteiger partial charge on any atom is -0.399 e. The van der Waals surface area contributed by atoms with Crippen molar-refractivity contribution in [3.8, 4) is 0 Å². The van der Waals surface area contributed by atoms with Gasteiger partial charge in [-0.1, -0.05) is 0 Å². The monoisotopic (exact) mass is 260 g/mol. The van der Waals surface area contributed by atoms with Crippen molar-refractivity contribution < 1.29 is 9.18 Å². The van der Waals surface area contributed by atoms with Crippen molar-refractivity contribution >= 4 is 11.6 Å². The average Bonchev–Trinajstić information content (AvgIpc) is 2.85. The molecule has 2 aromatic rings. The second-order valence-electron chi connectivity index (χ2n) is 4.50. The van der Waals surface area contributed by atoms with Crippen molar-refractivity contribution in [2.24, 2.45) is 0 Å². The highest BCUT2D eigenvalue weighted by molar-refractivity contribution is 5.94. The van der Waals surface area contributed by atoms with Crippen molar-refractivity contribution in [2.45, 2.75) is 13.1 Å². The highest BCUT2D eigenvalue weighted by Crippen LogP contribution is 2.17. The zero-order valence-electron chi connectivity index (χ0n) is 10.2. The quantitative estimate of drug-likeness (QED) is 0.785. The summed E-state index contributed by atoms with van der Waals surface area (Å²) in [7, 11) is 0. The molecule has 0 bridgehead atoms. The average molecular weight is 260 g/mol. The van der Waals surface area contributed by atoms with E-state index >= 15 is 0 Å². The van der Waals surface area contributed by atoms with Gasteiger partial charge in [0, 0.05) is 31.2 Å². The van der Waals surface area contributed by atoms with Gasteiger partial charge in [-0.2, -0.15) is 0 Å². The standard InChI is InChI=1S/C13H13FN4O/c14-11-7-9(15)1-2-10(11)13(19)18-6-5-17-4-3-16-12(17)8-18/h1-4,7H,5-6,8,15H2. The number of nitrogen functional groups attached to an aromatic ring is 1. The van der Waals surface area contributed by atoms with Gasteiger partial charge < -0.3 is 15.2 Å². The summed E-state index contributed by atoms with van der Waals surface area (Å²) in [6.45, 7) is 1.62. The number of carbonyl (C=O) groups is 1. The molecule has 2 heterocycles. The molecule has 19 heavy (non-hydrogen) atoms. The van der Waals surface area contributed by atoms with Gasteiger partial charge in [0.1, 0.15) is 11.6 Å². The summed E-state index contributed by atoms with van der Waals surface area (Å²) in [5.74, 6) is -0.0962. The number of amides is 1. The van der Waals surface area contributed by atoms with Gasteiger partial charge in [-0.15, -0.1) is 0 Å². The summed E-state index contributed by atoms with van der Waals surface area (Å²) in [4.78, 5) is 18.0. The minimum atomic E-state index is -0.584. The molecule has 1 amide bonds. The number of hydrogen-bond acceptors (Lipinski definition) is 3. The van der Waals surface area contributed by atoms with Crippen LogP contribution < -0.4 is 5.73 Å². The van der Waals surface area contributed by atoms with E-state index in [-0.39, 0.29) is 11.5 Å². The Morgan fingerprint density at radius 2 is 2.21 bits per heavy atom. The van der Waals surface area contributed by atoms with E-state index in [2.05, 4.69) is 4.98 Å². The molecule has 3 rings (SSSR count). The Balaban J connectivity index is 1.85. The molecule has 2 N–H and O–H groups in total. The molecule has 1 aliphatic heterocycles. The lowest BCUT2D eigenvalue weighted by atomic mass is 10.1. The van der Waals surface area contributed by atoms with Crippen molar-refractivity contribution in [3.63, 3.8) is 0 Å². The maximum Gasteiger partial charge on any atom is 0.257 e. The van der Waals surface area contributed by atoms with Crippen LogP contribution in [0.3, 0.4) is 0 Å². The number of hydrogen-bond donors (Lipinski definition) is 1. The van der Waals surface area contributed by atoms with Crippen LogP contribution in [0, 0.1) is 5.82 Å². The number of benzene rings is 1. The molecule has 1 aromatic carbocycles. The first kappa shape index (κ1) is 11.7. The van der Waals surface area contributed by atoms with E-state index in [1.54, 1.807) is 11.1 Å². The van der Waals surface area contributed by atoms with Crippen LogP contribution in [0.1, 0.15) is 16.2 Å². The van der Waals surface area contributed by atoms with Crippen molar-refractivity contribution in [1.82, 2.24) is 14.5 Å². The number of nitrogens with zero attached hydrogens (tertiary/aromatic N) is 3. The van der Waals surface area contributed by atoms with Gasteiger partial charge in [0.25, 0.3) is 5.91 Å². The molecule has 5 nitrogen and oxygen atoms in total. The zero-order valence-corrected chi connectivity index (χ0v) is 10.2. The molecule has 1 aliphatic rings. The van der Waals surface area contributed by atoms with Crippen molar-refractivity contribution in [2.75, 3.05) is 12.3 Å². The Morgan fingerprint density at radius 1 is 1.37 bits per heavy atom. The molecule has 98 valence electrons. The fourth-order valence-electron chi connectivity index (χ4n) is 2.22. The number of fused-ring (bicyclic) bond motifs is 1. The molecule has 0 atom stereocenters. The summed E-state index contributed by atoms with van der Waals surface area (Å²) in [6.07, 6.45) is 3.58. The van der Waals surface area contributed by atoms with Crippen LogP contribution in [-0.2, 0) is 13.1 Å². The topological polar surface area (TPSA) is 64.2 Å². The third-order valence-corrected chi connectivity index (χ3v) is 3.26. The maximum atomic E-state index is 13.7. The molecule has 0 saturated carbocycles. The van der Waals surface area contributed by atoms with Crippen molar-refractivity contribution in [3.05, 3.63) is 47.8 Å². The van der Waals surface area contributed by atoms with Crippen LogP contribution in [0.15, 0.2) is 30.6 Å². The molecule has 0 fully saturated rings. The molecule has 0 spiro atoms. The first-order valence-electron chi connectivity index (χ1n) is 5.99. The van der Waals surface area contributed by atoms with E-state index in [0.29, 0.717) is 25.3 Å². The second-order valence-corrected chi connectivity index (χ2v) is 4.50. The number of carbonyl (C=O) groups excluding carboxylic acids is 1. The van der Waals surface area contributed by atoms with Gasteiger partial charge in [-0.05, 0) is 18.2 Å². The summed E-state index contributed by atoms with van der Waals surface area (Å²) < 4.78 is 15.7. The molecular formula is C13H13FN4O. The van der Waals surface area contributed by atoms with E-state index in [4.69, 9.17) is 5.73 Å². The summed E-state index contributed by atoms with van der Waals surface area (Å²) in [5, 5.41) is 0. The Labute approximate surface area is 109 Å². The number of imidazole rings is 1. The lowest BCUT2D eigenvalue weighted by Crippen LogP contribution is -2.38. The lowest BCUT2D eigenvalue weighted by molar-refractivity contribution is 0.0703. The number of rotatable bonds is 1. The van der Waals surface area contributed by atoms with Crippen LogP contribution >= 0.6 is 0 Å². The fraction of sp³-hybridized carbons (Fsp3) is 0.231. The first-order chi connectivity index (χ1) is 9.15. The summed E-state index contributed by atoms with van der Waals surface area (Å²) in [6, 6.07) is 4.12. The highest BCUT2D eigenvalue weighted by atomic mass is 19.1. The molecule has 0 unspecified atom stereocenters. The predicted molar refractivity (Wildman–Crippen MR) is 67.8 cm³/mol. The summed E-state index contributed by atoms with van der Waals surface area (Å²) >= 11 is 0. The van der Waals surface area contributed by atoms with E-state index in [0.717, 1.165) is 11.9 Å². The number of halogens is 1. The van der Waals surface area contributed by atoms with E-state index in [1.165, 1.54) is 12.1 Å². The van der Waals surface area contributed by atoms with Gasteiger partial charge in [0.15, 0.2) is 0 Å². The van der Waals surface area contributed by atoms with Crippen molar-refractivity contribution in [1.29, 1.82) is 0 Å². The number of nitrogens with two attached hydrogens (primary N) is 1. The zero-order chi connectivity index (χ0) is 13.4. The van der Waals surface area contributed by atoms with Gasteiger partial charge in [-0.25, -0.2) is 9.37 Å². The predicted octanol–water partition coefficient (Wildman–Crippen LogP) is 1.26. The van der Waals surface area contributed by atoms with E-state index in [9.17, 15) is 9.18 Å². The van der Waals surface area contributed by atoms with Crippen LogP contribution in [0.4, 0.5) is 10.1 Å². The molecule has 0 radical (unpaired) electrons. The number of anilines is 1. The second kappa shape index (κ2) is 4.38. The van der Waals surface area contributed by atoms with Gasteiger partial charge >= 0.3 is 0 Å². The van der Waals surface area contributed by atoms with Gasteiger partial charge in [0.2, 0.25) is 0 Å². The molecule has 0 aliphatic carbocycles. The van der Waals surface area contributed by atoms with E-state index < -0.39 is 5.82 Å². The molecule has 0 saturated heterocycles. The van der Waals surface area contributed by atoms with Crippen LogP contribution in [0.2, 0.25) is 0 Å². The largest absolute Gasteiger partial charge is 0.399 e. The smallest absolute Gasteiger partial charge is 0.257 e. The fourth-order valence-corrected chi connectivity index (χ4v) is 2.22. The number of aromatic nitrogens is 2. The minimum absolute atomic E-state index is 0.0502. The Bertz CT molecular complexity index is 637. The first-order valence-corrected chi connectivity index (χ1v) is 5.99. The van der Waals surface area contributed by atoms with E-state index in [1.807, 2.05) is 10.8 Å². The molecule has 1 aromatic heterocycles. The Hall–Kier alpha value is -2.37. The third-order valence-electron chi connectivity index (χ3n) is 3.26. The summed E-state index contributed by atoms with van der Waals surface area (Å²) in [5.41, 5.74) is 5.84. The Kier molecular flexibility index (Phi) is 2.70. The van der Waals surface area contributed by atoms with Gasteiger partial charge in [0.05, 0.1) is 12.1 Å².